The molecule has 0 bridgehead atoms. The quantitative estimate of drug-likeness (QED) is 0.678. The van der Waals surface area contributed by atoms with Crippen LogP contribution in [0, 0.1) is 0 Å². The Kier molecular flexibility index (Phi) is 4.14. The summed E-state index contributed by atoms with van der Waals surface area (Å²) in [5, 5.41) is 1.36. The zero-order valence-corrected chi connectivity index (χ0v) is 13.9. The van der Waals surface area contributed by atoms with Gasteiger partial charge in [0.25, 0.3) is 0 Å². The molecule has 106 valence electrons. The van der Waals surface area contributed by atoms with Gasteiger partial charge in [-0.25, -0.2) is 0 Å². The first-order chi connectivity index (χ1) is 9.36. The van der Waals surface area contributed by atoms with E-state index >= 15 is 0 Å². The maximum Gasteiger partial charge on any atom is 0.0981 e. The number of benzene rings is 1. The van der Waals surface area contributed by atoms with Crippen LogP contribution in [-0.2, 0) is 0 Å². The maximum atomic E-state index is 4.51. The Morgan fingerprint density at radius 2 is 1.65 bits per heavy atom. The van der Waals surface area contributed by atoms with Crippen molar-refractivity contribution in [1.29, 1.82) is 0 Å². The Labute approximate surface area is 122 Å². The van der Waals surface area contributed by atoms with Gasteiger partial charge in [0.1, 0.15) is 0 Å². The van der Waals surface area contributed by atoms with E-state index in [1.807, 2.05) is 32.4 Å². The van der Waals surface area contributed by atoms with Gasteiger partial charge < -0.3 is 9.88 Å². The lowest BCUT2D eigenvalue weighted by atomic mass is 10.3. The van der Waals surface area contributed by atoms with Crippen LogP contribution in [0.5, 0.6) is 0 Å². The molecule has 1 aromatic heterocycles. The van der Waals surface area contributed by atoms with Gasteiger partial charge in [0.05, 0.1) is 25.7 Å². The molecule has 3 nitrogen and oxygen atoms in total. The van der Waals surface area contributed by atoms with Crippen molar-refractivity contribution in [2.24, 2.45) is 4.99 Å². The molecular formula is C16H23N3Si. The molecule has 0 saturated heterocycles. The second-order valence-electron chi connectivity index (χ2n) is 6.25. The number of nitrogens with zero attached hydrogens (tertiary/aromatic N) is 2. The number of H-pyrrole nitrogens is 1. The highest BCUT2D eigenvalue weighted by molar-refractivity contribution is 6.88. The molecule has 0 amide bonds. The molecule has 2 rings (SSSR count). The van der Waals surface area contributed by atoms with Gasteiger partial charge in [0, 0.05) is 19.8 Å². The molecule has 0 aliphatic carbocycles. The minimum absolute atomic E-state index is 0.972. The van der Waals surface area contributed by atoms with Gasteiger partial charge in [0.2, 0.25) is 0 Å². The van der Waals surface area contributed by atoms with Crippen molar-refractivity contribution in [1.82, 2.24) is 4.98 Å². The molecule has 2 aromatic rings. The number of rotatable bonds is 4. The molecule has 1 aromatic carbocycles. The van der Waals surface area contributed by atoms with E-state index < -0.39 is 8.07 Å². The van der Waals surface area contributed by atoms with E-state index in [-0.39, 0.29) is 0 Å². The van der Waals surface area contributed by atoms with Gasteiger partial charge in [-0.15, -0.1) is 0 Å². The largest absolute Gasteiger partial charge is 0.378 e. The Bertz CT molecular complexity index is 589. The van der Waals surface area contributed by atoms with E-state index in [9.17, 15) is 0 Å². The number of aliphatic imine (C=N–C) groups is 1. The lowest BCUT2D eigenvalue weighted by molar-refractivity contribution is 1.13. The molecule has 0 atom stereocenters. The molecule has 0 spiro atoms. The van der Waals surface area contributed by atoms with E-state index in [1.54, 1.807) is 0 Å². The predicted octanol–water partition coefficient (Wildman–Crippen LogP) is 3.38. The van der Waals surface area contributed by atoms with Crippen LogP contribution >= 0.6 is 0 Å². The number of aromatic amines is 1. The van der Waals surface area contributed by atoms with Crippen LogP contribution in [-0.4, -0.2) is 33.4 Å². The van der Waals surface area contributed by atoms with E-state index in [1.165, 1.54) is 11.0 Å². The fourth-order valence-electron chi connectivity index (χ4n) is 1.91. The van der Waals surface area contributed by atoms with Crippen molar-refractivity contribution in [3.63, 3.8) is 0 Å². The highest BCUT2D eigenvalue weighted by atomic mass is 28.3. The normalized spacial score (nSPS) is 12.1. The first kappa shape index (κ1) is 14.6. The zero-order chi connectivity index (χ0) is 14.8. The van der Waals surface area contributed by atoms with Crippen LogP contribution < -0.4 is 10.2 Å². The number of anilines is 1. The lowest BCUT2D eigenvalue weighted by Crippen LogP contribution is -2.38. The molecule has 0 radical (unpaired) electrons. The van der Waals surface area contributed by atoms with Crippen molar-refractivity contribution >= 4 is 31.0 Å². The van der Waals surface area contributed by atoms with Gasteiger partial charge >= 0.3 is 0 Å². The highest BCUT2D eigenvalue weighted by Gasteiger charge is 2.17. The summed E-state index contributed by atoms with van der Waals surface area (Å²) in [5.41, 5.74) is 3.23. The third kappa shape index (κ3) is 3.60. The smallest absolute Gasteiger partial charge is 0.0981 e. The fraction of sp³-hybridized carbons (Fsp3) is 0.312. The van der Waals surface area contributed by atoms with Crippen LogP contribution in [0.1, 0.15) is 5.69 Å². The summed E-state index contributed by atoms with van der Waals surface area (Å²) < 4.78 is 0. The van der Waals surface area contributed by atoms with E-state index in [2.05, 4.69) is 58.8 Å². The fourth-order valence-corrected chi connectivity index (χ4v) is 3.01. The van der Waals surface area contributed by atoms with Crippen LogP contribution in [0.25, 0.3) is 0 Å². The summed E-state index contributed by atoms with van der Waals surface area (Å²) in [6, 6.07) is 12.5. The molecule has 0 saturated carbocycles. The number of aromatic nitrogens is 1. The number of nitrogens with one attached hydrogen (secondary N) is 1. The number of hydrogen-bond acceptors (Lipinski definition) is 2. The predicted molar refractivity (Wildman–Crippen MR) is 91.8 cm³/mol. The van der Waals surface area contributed by atoms with Gasteiger partial charge in [-0.05, 0) is 41.7 Å². The summed E-state index contributed by atoms with van der Waals surface area (Å²) in [5.74, 6) is 0. The van der Waals surface area contributed by atoms with E-state index in [0.29, 0.717) is 0 Å². The van der Waals surface area contributed by atoms with Gasteiger partial charge in [-0.2, -0.15) is 0 Å². The SMILES string of the molecule is CN(C)c1ccc(N=Cc2ccc([Si](C)(C)C)[nH]2)cc1. The third-order valence-corrected chi connectivity index (χ3v) is 5.14. The van der Waals surface area contributed by atoms with Gasteiger partial charge in [0.15, 0.2) is 0 Å². The minimum atomic E-state index is -1.26. The molecule has 4 heteroatoms. The van der Waals surface area contributed by atoms with Crippen molar-refractivity contribution in [3.05, 3.63) is 42.1 Å². The Hall–Kier alpha value is -1.81. The van der Waals surface area contributed by atoms with Crippen molar-refractivity contribution in [3.8, 4) is 0 Å². The highest BCUT2D eigenvalue weighted by Crippen LogP contribution is 2.17. The van der Waals surface area contributed by atoms with Gasteiger partial charge in [-0.3, -0.25) is 4.99 Å². The van der Waals surface area contributed by atoms with Crippen molar-refractivity contribution < 1.29 is 0 Å². The molecule has 0 aliphatic heterocycles. The van der Waals surface area contributed by atoms with Gasteiger partial charge in [-0.1, -0.05) is 19.6 Å². The van der Waals surface area contributed by atoms with Crippen molar-refractivity contribution in [2.75, 3.05) is 19.0 Å². The molecule has 0 aliphatic rings. The Morgan fingerprint density at radius 1 is 1.00 bits per heavy atom. The monoisotopic (exact) mass is 285 g/mol. The summed E-state index contributed by atoms with van der Waals surface area (Å²) in [4.78, 5) is 10.1. The van der Waals surface area contributed by atoms with Crippen LogP contribution in [0.4, 0.5) is 11.4 Å². The first-order valence-electron chi connectivity index (χ1n) is 6.87. The number of hydrogen-bond donors (Lipinski definition) is 1. The van der Waals surface area contributed by atoms with E-state index in [0.717, 1.165) is 11.4 Å². The molecule has 1 heterocycles. The summed E-state index contributed by atoms with van der Waals surface area (Å²) in [6.45, 7) is 7.00. The van der Waals surface area contributed by atoms with Crippen LogP contribution in [0.15, 0.2) is 41.4 Å². The lowest BCUT2D eigenvalue weighted by Gasteiger charge is -2.12. The topological polar surface area (TPSA) is 31.4 Å². The van der Waals surface area contributed by atoms with Crippen LogP contribution in [0.2, 0.25) is 19.6 Å². The molecule has 1 N–H and O–H groups in total. The van der Waals surface area contributed by atoms with E-state index in [4.69, 9.17) is 0 Å². The molecular weight excluding hydrogens is 262 g/mol. The maximum absolute atomic E-state index is 4.51. The minimum Gasteiger partial charge on any atom is -0.378 e. The third-order valence-electron chi connectivity index (χ3n) is 3.24. The Balaban J connectivity index is 2.11. The first-order valence-corrected chi connectivity index (χ1v) is 10.4. The average molecular weight is 285 g/mol. The molecule has 0 fully saturated rings. The van der Waals surface area contributed by atoms with Crippen LogP contribution in [0.3, 0.4) is 0 Å². The second kappa shape index (κ2) is 5.67. The molecule has 0 unspecified atom stereocenters. The average Bonchev–Trinajstić information content (AvgIpc) is 2.85. The van der Waals surface area contributed by atoms with Crippen molar-refractivity contribution in [2.45, 2.75) is 19.6 Å². The Morgan fingerprint density at radius 3 is 2.15 bits per heavy atom. The summed E-state index contributed by atoms with van der Waals surface area (Å²) in [6.07, 6.45) is 1.90. The second-order valence-corrected chi connectivity index (χ2v) is 11.3. The molecule has 20 heavy (non-hydrogen) atoms. The zero-order valence-electron chi connectivity index (χ0n) is 12.9. The summed E-state index contributed by atoms with van der Waals surface area (Å²) in [7, 11) is 2.81. The summed E-state index contributed by atoms with van der Waals surface area (Å²) >= 11 is 0. The standard InChI is InChI=1S/C16H23N3Si/c1-19(2)15-9-6-13(7-10-15)17-12-14-8-11-16(18-14)20(3,4)5/h6-12,18H,1-5H3.